The molecule has 0 saturated carbocycles. The maximum Gasteiger partial charge on any atom is 0.133 e. The van der Waals surface area contributed by atoms with Crippen molar-refractivity contribution in [3.63, 3.8) is 0 Å². The van der Waals surface area contributed by atoms with E-state index < -0.39 is 0 Å². The van der Waals surface area contributed by atoms with Gasteiger partial charge in [-0.15, -0.1) is 0 Å². The molecule has 0 saturated heterocycles. The maximum atomic E-state index is 5.98. The third kappa shape index (κ3) is 2.99. The van der Waals surface area contributed by atoms with Crippen molar-refractivity contribution in [1.29, 1.82) is 0 Å². The Balaban J connectivity index is 2.34. The third-order valence-corrected chi connectivity index (χ3v) is 3.17. The van der Waals surface area contributed by atoms with Crippen LogP contribution in [0.15, 0.2) is 34.9 Å². The lowest BCUT2D eigenvalue weighted by molar-refractivity contribution is 1.23. The monoisotopic (exact) mass is 310 g/mol. The molecule has 0 aliphatic carbocycles. The number of benzene rings is 1. The van der Waals surface area contributed by atoms with E-state index in [9.17, 15) is 0 Å². The number of hydrogen-bond donors (Lipinski definition) is 1. The number of hydrogen-bond acceptors (Lipinski definition) is 2. The van der Waals surface area contributed by atoms with Gasteiger partial charge in [0.25, 0.3) is 0 Å². The Morgan fingerprint density at radius 2 is 1.94 bits per heavy atom. The van der Waals surface area contributed by atoms with Gasteiger partial charge in [0.2, 0.25) is 0 Å². The lowest BCUT2D eigenvalue weighted by Gasteiger charge is -2.11. The average Bonchev–Trinajstić information content (AvgIpc) is 2.27. The summed E-state index contributed by atoms with van der Waals surface area (Å²) in [6, 6.07) is 7.79. The number of pyridine rings is 1. The van der Waals surface area contributed by atoms with Crippen molar-refractivity contribution in [3.8, 4) is 0 Å². The van der Waals surface area contributed by atoms with Crippen LogP contribution in [-0.4, -0.2) is 4.98 Å². The van der Waals surface area contributed by atoms with Crippen LogP contribution in [0.4, 0.5) is 11.5 Å². The Hall–Kier alpha value is -1.06. The van der Waals surface area contributed by atoms with Crippen molar-refractivity contribution in [2.45, 2.75) is 13.8 Å². The van der Waals surface area contributed by atoms with Gasteiger partial charge in [-0.05, 0) is 59.1 Å². The minimum atomic E-state index is 0.716. The lowest BCUT2D eigenvalue weighted by Crippen LogP contribution is -1.98. The third-order valence-electron chi connectivity index (χ3n) is 2.50. The number of aromatic nitrogens is 1. The highest BCUT2D eigenvalue weighted by Gasteiger charge is 2.04. The highest BCUT2D eigenvalue weighted by atomic mass is 79.9. The molecule has 1 heterocycles. The molecule has 0 atom stereocenters. The van der Waals surface area contributed by atoms with Gasteiger partial charge in [-0.1, -0.05) is 17.7 Å². The Bertz CT molecular complexity index is 555. The summed E-state index contributed by atoms with van der Waals surface area (Å²) in [4.78, 5) is 4.34. The average molecular weight is 312 g/mol. The molecule has 1 aromatic carbocycles. The van der Waals surface area contributed by atoms with Crippen molar-refractivity contribution >= 4 is 39.0 Å². The highest BCUT2D eigenvalue weighted by Crippen LogP contribution is 2.25. The number of anilines is 2. The summed E-state index contributed by atoms with van der Waals surface area (Å²) in [6.07, 6.45) is 1.77. The highest BCUT2D eigenvalue weighted by molar-refractivity contribution is 9.10. The minimum Gasteiger partial charge on any atom is -0.340 e. The molecule has 0 fully saturated rings. The molecule has 1 N–H and O–H groups in total. The first-order valence-electron chi connectivity index (χ1n) is 5.21. The zero-order valence-corrected chi connectivity index (χ0v) is 11.9. The molecule has 2 nitrogen and oxygen atoms in total. The van der Waals surface area contributed by atoms with E-state index in [1.54, 1.807) is 6.20 Å². The molecule has 0 unspecified atom stereocenters. The number of nitrogens with one attached hydrogen (secondary N) is 1. The molecule has 88 valence electrons. The van der Waals surface area contributed by atoms with E-state index in [-0.39, 0.29) is 0 Å². The fourth-order valence-electron chi connectivity index (χ4n) is 1.53. The summed E-state index contributed by atoms with van der Waals surface area (Å²) in [5, 5.41) is 4.01. The smallest absolute Gasteiger partial charge is 0.133 e. The van der Waals surface area contributed by atoms with Crippen LogP contribution in [0.1, 0.15) is 11.1 Å². The van der Waals surface area contributed by atoms with Crippen molar-refractivity contribution in [1.82, 2.24) is 4.98 Å². The standard InChI is InChI=1S/C13H12BrClN2/c1-8-3-4-11(15)6-12(8)17-13-9(2)5-10(14)7-16-13/h3-7H,1-2H3,(H,16,17). The van der Waals surface area contributed by atoms with Gasteiger partial charge >= 0.3 is 0 Å². The second-order valence-electron chi connectivity index (χ2n) is 3.90. The number of nitrogens with zero attached hydrogens (tertiary/aromatic N) is 1. The Morgan fingerprint density at radius 1 is 1.18 bits per heavy atom. The van der Waals surface area contributed by atoms with Crippen LogP contribution < -0.4 is 5.32 Å². The zero-order chi connectivity index (χ0) is 12.4. The van der Waals surface area contributed by atoms with Gasteiger partial charge in [0, 0.05) is 21.4 Å². The van der Waals surface area contributed by atoms with E-state index in [0.29, 0.717) is 5.02 Å². The first-order chi connectivity index (χ1) is 8.06. The molecule has 1 aromatic heterocycles. The first kappa shape index (κ1) is 12.4. The van der Waals surface area contributed by atoms with Crippen LogP contribution >= 0.6 is 27.5 Å². The number of aryl methyl sites for hydroxylation is 2. The van der Waals surface area contributed by atoms with E-state index in [4.69, 9.17) is 11.6 Å². The second-order valence-corrected chi connectivity index (χ2v) is 5.26. The van der Waals surface area contributed by atoms with Crippen LogP contribution in [0, 0.1) is 13.8 Å². The van der Waals surface area contributed by atoms with Crippen LogP contribution in [0.2, 0.25) is 5.02 Å². The van der Waals surface area contributed by atoms with Gasteiger partial charge in [0.05, 0.1) is 0 Å². The van der Waals surface area contributed by atoms with Gasteiger partial charge in [0.15, 0.2) is 0 Å². The van der Waals surface area contributed by atoms with Crippen molar-refractivity contribution in [2.24, 2.45) is 0 Å². The molecular formula is C13H12BrClN2. The normalized spacial score (nSPS) is 10.4. The van der Waals surface area contributed by atoms with Crippen molar-refractivity contribution in [2.75, 3.05) is 5.32 Å². The molecule has 2 rings (SSSR count). The van der Waals surface area contributed by atoms with E-state index in [0.717, 1.165) is 27.1 Å². The maximum absolute atomic E-state index is 5.98. The predicted octanol–water partition coefficient (Wildman–Crippen LogP) is 4.86. The molecule has 17 heavy (non-hydrogen) atoms. The van der Waals surface area contributed by atoms with Crippen molar-refractivity contribution in [3.05, 3.63) is 51.1 Å². The predicted molar refractivity (Wildman–Crippen MR) is 76.1 cm³/mol. The van der Waals surface area contributed by atoms with E-state index in [2.05, 4.69) is 26.2 Å². The van der Waals surface area contributed by atoms with Gasteiger partial charge in [-0.25, -0.2) is 4.98 Å². The fourth-order valence-corrected chi connectivity index (χ4v) is 2.15. The Morgan fingerprint density at radius 3 is 2.65 bits per heavy atom. The molecule has 0 aliphatic rings. The molecule has 4 heteroatoms. The van der Waals surface area contributed by atoms with Gasteiger partial charge < -0.3 is 5.32 Å². The van der Waals surface area contributed by atoms with Gasteiger partial charge in [0.1, 0.15) is 5.82 Å². The van der Waals surface area contributed by atoms with Crippen LogP contribution in [0.5, 0.6) is 0 Å². The summed E-state index contributed by atoms with van der Waals surface area (Å²) in [6.45, 7) is 4.05. The molecule has 0 bridgehead atoms. The summed E-state index contributed by atoms with van der Waals surface area (Å²) < 4.78 is 0.975. The molecule has 0 radical (unpaired) electrons. The van der Waals surface area contributed by atoms with E-state index >= 15 is 0 Å². The van der Waals surface area contributed by atoms with Crippen LogP contribution in [0.25, 0.3) is 0 Å². The lowest BCUT2D eigenvalue weighted by atomic mass is 10.2. The van der Waals surface area contributed by atoms with E-state index in [1.807, 2.05) is 38.1 Å². The molecule has 0 spiro atoms. The first-order valence-corrected chi connectivity index (χ1v) is 6.38. The quantitative estimate of drug-likeness (QED) is 0.857. The van der Waals surface area contributed by atoms with Gasteiger partial charge in [-0.2, -0.15) is 0 Å². The number of halogens is 2. The Labute approximate surface area is 114 Å². The SMILES string of the molecule is Cc1ccc(Cl)cc1Nc1ncc(Br)cc1C. The summed E-state index contributed by atoms with van der Waals surface area (Å²) in [5.41, 5.74) is 3.20. The Kier molecular flexibility index (Phi) is 3.69. The molecule has 2 aromatic rings. The summed E-state index contributed by atoms with van der Waals surface area (Å²) >= 11 is 9.38. The fraction of sp³-hybridized carbons (Fsp3) is 0.154. The zero-order valence-electron chi connectivity index (χ0n) is 9.59. The second kappa shape index (κ2) is 5.07. The van der Waals surface area contributed by atoms with Crippen LogP contribution in [-0.2, 0) is 0 Å². The molecule has 0 amide bonds. The summed E-state index contributed by atoms with van der Waals surface area (Å²) in [5.74, 6) is 0.846. The summed E-state index contributed by atoms with van der Waals surface area (Å²) in [7, 11) is 0. The van der Waals surface area contributed by atoms with Gasteiger partial charge in [-0.3, -0.25) is 0 Å². The topological polar surface area (TPSA) is 24.9 Å². The van der Waals surface area contributed by atoms with E-state index in [1.165, 1.54) is 0 Å². The minimum absolute atomic E-state index is 0.716. The van der Waals surface area contributed by atoms with Crippen molar-refractivity contribution < 1.29 is 0 Å². The molecule has 0 aliphatic heterocycles. The molecular weight excluding hydrogens is 300 g/mol. The van der Waals surface area contributed by atoms with Crippen LogP contribution in [0.3, 0.4) is 0 Å². The largest absolute Gasteiger partial charge is 0.340 e. The number of rotatable bonds is 2.